The fourth-order valence-electron chi connectivity index (χ4n) is 2.50. The largest absolute Gasteiger partial charge is 0.496 e. The lowest BCUT2D eigenvalue weighted by molar-refractivity contribution is 0.0944. The first-order chi connectivity index (χ1) is 10.5. The van der Waals surface area contributed by atoms with Gasteiger partial charge in [0.1, 0.15) is 5.75 Å². The summed E-state index contributed by atoms with van der Waals surface area (Å²) in [6, 6.07) is 11.4. The summed E-state index contributed by atoms with van der Waals surface area (Å²) in [6.45, 7) is 4.55. The van der Waals surface area contributed by atoms with E-state index in [9.17, 15) is 4.79 Å². The fraction of sp³-hybridized carbons (Fsp3) is 0.389. The number of hydrogen-bond acceptors (Lipinski definition) is 3. The number of methoxy groups -OCH3 is 1. The first-order valence-corrected chi connectivity index (χ1v) is 7.67. The van der Waals surface area contributed by atoms with Gasteiger partial charge in [-0.05, 0) is 30.4 Å². The summed E-state index contributed by atoms with van der Waals surface area (Å²) in [7, 11) is 1.63. The molecule has 4 nitrogen and oxygen atoms in total. The summed E-state index contributed by atoms with van der Waals surface area (Å²) in [5.41, 5.74) is 6.54. The molecule has 0 spiro atoms. The molecule has 23 heavy (non-hydrogen) atoms. The molecule has 126 valence electrons. The molecule has 0 atom stereocenters. The van der Waals surface area contributed by atoms with Crippen LogP contribution in [-0.4, -0.2) is 25.1 Å². The Morgan fingerprint density at radius 3 is 2.30 bits per heavy atom. The minimum absolute atomic E-state index is 0. The van der Waals surface area contributed by atoms with Crippen LogP contribution in [0.2, 0.25) is 0 Å². The molecule has 0 bridgehead atoms. The average molecular weight is 337 g/mol. The molecule has 1 amide bonds. The third kappa shape index (κ3) is 4.15. The summed E-state index contributed by atoms with van der Waals surface area (Å²) in [5.74, 6) is 0.665. The van der Waals surface area contributed by atoms with Gasteiger partial charge in [0.15, 0.2) is 0 Å². The van der Waals surface area contributed by atoms with Crippen LogP contribution in [0.4, 0.5) is 0 Å². The number of fused-ring (bicyclic) bond motifs is 1. The van der Waals surface area contributed by atoms with Crippen LogP contribution in [0.1, 0.15) is 37.0 Å². The van der Waals surface area contributed by atoms with Gasteiger partial charge in [-0.15, -0.1) is 12.4 Å². The van der Waals surface area contributed by atoms with Crippen molar-refractivity contribution >= 4 is 29.1 Å². The molecule has 2 rings (SSSR count). The maximum absolute atomic E-state index is 12.5. The zero-order valence-electron chi connectivity index (χ0n) is 13.9. The minimum atomic E-state index is -0.349. The normalized spacial score (nSPS) is 11.0. The Kier molecular flexibility index (Phi) is 6.85. The molecule has 0 aliphatic heterocycles. The van der Waals surface area contributed by atoms with Crippen molar-refractivity contribution in [3.8, 4) is 5.75 Å². The van der Waals surface area contributed by atoms with Crippen LogP contribution in [0, 0.1) is 0 Å². The monoisotopic (exact) mass is 336 g/mol. The van der Waals surface area contributed by atoms with Gasteiger partial charge in [-0.25, -0.2) is 0 Å². The lowest BCUT2D eigenvalue weighted by Crippen LogP contribution is -2.49. The third-order valence-corrected chi connectivity index (χ3v) is 4.36. The van der Waals surface area contributed by atoms with Gasteiger partial charge >= 0.3 is 0 Å². The van der Waals surface area contributed by atoms with Crippen LogP contribution in [0.15, 0.2) is 36.4 Å². The quantitative estimate of drug-likeness (QED) is 0.848. The van der Waals surface area contributed by atoms with Crippen molar-refractivity contribution < 1.29 is 9.53 Å². The van der Waals surface area contributed by atoms with Crippen LogP contribution in [0.3, 0.4) is 0 Å². The summed E-state index contributed by atoms with van der Waals surface area (Å²) in [5, 5.41) is 4.78. The van der Waals surface area contributed by atoms with E-state index in [0.717, 1.165) is 29.4 Å². The lowest BCUT2D eigenvalue weighted by atomic mass is 9.94. The Hall–Kier alpha value is -1.78. The SMILES string of the molecule is CCC(N)(CC)CNC(=O)c1ccc(OC)c2ccccc12.Cl. The number of amides is 1. The van der Waals surface area contributed by atoms with E-state index in [4.69, 9.17) is 10.5 Å². The number of carbonyl (C=O) groups excluding carboxylic acids is 1. The van der Waals surface area contributed by atoms with Crippen molar-refractivity contribution in [1.82, 2.24) is 5.32 Å². The molecule has 0 aliphatic rings. The molecule has 0 aliphatic carbocycles. The molecule has 0 saturated carbocycles. The molecule has 0 unspecified atom stereocenters. The first kappa shape index (κ1) is 19.3. The van der Waals surface area contributed by atoms with Crippen molar-refractivity contribution in [1.29, 1.82) is 0 Å². The second-order valence-corrected chi connectivity index (χ2v) is 5.61. The van der Waals surface area contributed by atoms with E-state index in [0.29, 0.717) is 12.1 Å². The number of carbonyl (C=O) groups is 1. The van der Waals surface area contributed by atoms with Gasteiger partial charge < -0.3 is 15.8 Å². The zero-order chi connectivity index (χ0) is 16.2. The average Bonchev–Trinajstić information content (AvgIpc) is 2.58. The molecule has 2 aromatic carbocycles. The fourth-order valence-corrected chi connectivity index (χ4v) is 2.50. The van der Waals surface area contributed by atoms with Gasteiger partial charge in [0.2, 0.25) is 0 Å². The van der Waals surface area contributed by atoms with Gasteiger partial charge in [0.25, 0.3) is 5.91 Å². The molecule has 2 aromatic rings. The number of halogens is 1. The number of rotatable bonds is 6. The van der Waals surface area contributed by atoms with Crippen LogP contribution < -0.4 is 15.8 Å². The van der Waals surface area contributed by atoms with E-state index in [2.05, 4.69) is 5.32 Å². The van der Waals surface area contributed by atoms with Crippen molar-refractivity contribution in [2.75, 3.05) is 13.7 Å². The van der Waals surface area contributed by atoms with E-state index in [1.807, 2.05) is 44.2 Å². The topological polar surface area (TPSA) is 64.3 Å². The van der Waals surface area contributed by atoms with Gasteiger partial charge in [0, 0.05) is 23.0 Å². The molecule has 0 heterocycles. The molecular formula is C18H25ClN2O2. The highest BCUT2D eigenvalue weighted by Crippen LogP contribution is 2.28. The van der Waals surface area contributed by atoms with E-state index < -0.39 is 0 Å². The molecule has 0 saturated heterocycles. The molecule has 0 radical (unpaired) electrons. The van der Waals surface area contributed by atoms with Crippen molar-refractivity contribution in [3.05, 3.63) is 42.0 Å². The lowest BCUT2D eigenvalue weighted by Gasteiger charge is -2.27. The second kappa shape index (κ2) is 8.18. The first-order valence-electron chi connectivity index (χ1n) is 7.67. The molecule has 0 fully saturated rings. The summed E-state index contributed by atoms with van der Waals surface area (Å²) in [6.07, 6.45) is 1.65. The predicted molar refractivity (Wildman–Crippen MR) is 97.6 cm³/mol. The van der Waals surface area contributed by atoms with Crippen molar-refractivity contribution in [3.63, 3.8) is 0 Å². The van der Waals surface area contributed by atoms with Crippen LogP contribution >= 0.6 is 12.4 Å². The highest BCUT2D eigenvalue weighted by molar-refractivity contribution is 6.08. The molecule has 0 aromatic heterocycles. The summed E-state index contributed by atoms with van der Waals surface area (Å²) in [4.78, 5) is 12.5. The second-order valence-electron chi connectivity index (χ2n) is 5.61. The van der Waals surface area contributed by atoms with E-state index in [1.165, 1.54) is 0 Å². The number of hydrogen-bond donors (Lipinski definition) is 2. The predicted octanol–water partition coefficient (Wildman–Crippen LogP) is 3.52. The standard InChI is InChI=1S/C18H24N2O2.ClH/c1-4-18(19,5-2)12-20-17(21)15-10-11-16(22-3)14-9-7-6-8-13(14)15;/h6-11H,4-5,12,19H2,1-3H3,(H,20,21);1H. The molecule has 3 N–H and O–H groups in total. The van der Waals surface area contributed by atoms with E-state index in [1.54, 1.807) is 13.2 Å². The van der Waals surface area contributed by atoms with Gasteiger partial charge in [-0.1, -0.05) is 38.1 Å². The smallest absolute Gasteiger partial charge is 0.251 e. The number of nitrogens with one attached hydrogen (secondary N) is 1. The van der Waals surface area contributed by atoms with Crippen LogP contribution in [-0.2, 0) is 0 Å². The number of ether oxygens (including phenoxy) is 1. The van der Waals surface area contributed by atoms with Gasteiger partial charge in [-0.2, -0.15) is 0 Å². The molecule has 5 heteroatoms. The van der Waals surface area contributed by atoms with Gasteiger partial charge in [-0.3, -0.25) is 4.79 Å². The zero-order valence-corrected chi connectivity index (χ0v) is 14.7. The van der Waals surface area contributed by atoms with Crippen molar-refractivity contribution in [2.45, 2.75) is 32.2 Å². The van der Waals surface area contributed by atoms with Gasteiger partial charge in [0.05, 0.1) is 7.11 Å². The summed E-state index contributed by atoms with van der Waals surface area (Å²) < 4.78 is 5.36. The van der Waals surface area contributed by atoms with E-state index in [-0.39, 0.29) is 23.9 Å². The Morgan fingerprint density at radius 1 is 1.13 bits per heavy atom. The Balaban J connectivity index is 0.00000264. The minimum Gasteiger partial charge on any atom is -0.496 e. The van der Waals surface area contributed by atoms with Crippen LogP contribution in [0.5, 0.6) is 5.75 Å². The highest BCUT2D eigenvalue weighted by Gasteiger charge is 2.22. The number of benzene rings is 2. The molecular weight excluding hydrogens is 312 g/mol. The highest BCUT2D eigenvalue weighted by atomic mass is 35.5. The number of nitrogens with two attached hydrogens (primary N) is 1. The maximum Gasteiger partial charge on any atom is 0.251 e. The van der Waals surface area contributed by atoms with Crippen LogP contribution in [0.25, 0.3) is 10.8 Å². The Bertz CT molecular complexity index is 669. The third-order valence-electron chi connectivity index (χ3n) is 4.36. The van der Waals surface area contributed by atoms with Crippen molar-refractivity contribution in [2.24, 2.45) is 5.73 Å². The Morgan fingerprint density at radius 2 is 1.74 bits per heavy atom. The van der Waals surface area contributed by atoms with E-state index >= 15 is 0 Å². The maximum atomic E-state index is 12.5. The summed E-state index contributed by atoms with van der Waals surface area (Å²) >= 11 is 0. The Labute approximate surface area is 143 Å².